The Morgan fingerprint density at radius 1 is 1.15 bits per heavy atom. The van der Waals surface area contributed by atoms with Crippen LogP contribution in [0, 0.1) is 6.92 Å². The number of nitrogens with zero attached hydrogens (tertiary/aromatic N) is 3. The predicted molar refractivity (Wildman–Crippen MR) is 102 cm³/mol. The van der Waals surface area contributed by atoms with Gasteiger partial charge in [0.1, 0.15) is 5.65 Å². The van der Waals surface area contributed by atoms with Crippen LogP contribution in [0.5, 0.6) is 0 Å². The van der Waals surface area contributed by atoms with E-state index < -0.39 is 0 Å². The summed E-state index contributed by atoms with van der Waals surface area (Å²) < 4.78 is 1.96. The summed E-state index contributed by atoms with van der Waals surface area (Å²) in [6.07, 6.45) is 6.70. The molecule has 0 aliphatic carbocycles. The van der Waals surface area contributed by atoms with Gasteiger partial charge in [-0.25, -0.2) is 4.98 Å². The number of pyridine rings is 2. The van der Waals surface area contributed by atoms with Crippen LogP contribution in [0.25, 0.3) is 16.6 Å². The highest BCUT2D eigenvalue weighted by Gasteiger charge is 2.09. The minimum atomic E-state index is -0.0146. The molecule has 1 N–H and O–H groups in total. The van der Waals surface area contributed by atoms with Gasteiger partial charge in [-0.3, -0.25) is 9.78 Å². The summed E-state index contributed by atoms with van der Waals surface area (Å²) in [5.74, 6) is -0.0146. The van der Waals surface area contributed by atoms with Crippen LogP contribution in [-0.2, 0) is 17.6 Å². The molecule has 1 aromatic carbocycles. The van der Waals surface area contributed by atoms with E-state index >= 15 is 0 Å². The van der Waals surface area contributed by atoms with Gasteiger partial charge in [-0.2, -0.15) is 0 Å². The summed E-state index contributed by atoms with van der Waals surface area (Å²) in [6, 6.07) is 14.1. The third-order valence-corrected chi connectivity index (χ3v) is 4.50. The molecule has 5 heteroatoms. The first-order valence-electron chi connectivity index (χ1n) is 8.73. The molecule has 0 bridgehead atoms. The number of aryl methyl sites for hydroxylation is 1. The molecule has 0 saturated heterocycles. The van der Waals surface area contributed by atoms with Gasteiger partial charge < -0.3 is 9.72 Å². The fraction of sp³-hybridized carbons (Fsp3) is 0.190. The Kier molecular flexibility index (Phi) is 4.35. The van der Waals surface area contributed by atoms with Gasteiger partial charge in [0.05, 0.1) is 17.6 Å². The van der Waals surface area contributed by atoms with Crippen molar-refractivity contribution in [1.82, 2.24) is 19.7 Å². The maximum absolute atomic E-state index is 12.3. The number of carbonyl (C=O) groups excluding carboxylic acids is 1. The Labute approximate surface area is 151 Å². The number of rotatable bonds is 5. The normalized spacial score (nSPS) is 11.1. The number of aromatic nitrogens is 3. The number of carbonyl (C=O) groups is 1. The highest BCUT2D eigenvalue weighted by molar-refractivity contribution is 5.82. The molecule has 0 aliphatic heterocycles. The fourth-order valence-corrected chi connectivity index (χ4v) is 3.22. The summed E-state index contributed by atoms with van der Waals surface area (Å²) in [4.78, 5) is 21.3. The smallest absolute Gasteiger partial charge is 0.226 e. The molecular weight excluding hydrogens is 324 g/mol. The molecule has 3 aromatic heterocycles. The number of fused-ring (bicyclic) bond motifs is 2. The van der Waals surface area contributed by atoms with E-state index in [0.717, 1.165) is 39.8 Å². The van der Waals surface area contributed by atoms with E-state index in [-0.39, 0.29) is 12.3 Å². The van der Waals surface area contributed by atoms with Crippen molar-refractivity contribution in [2.75, 3.05) is 6.54 Å². The van der Waals surface area contributed by atoms with E-state index in [1.807, 2.05) is 48.0 Å². The van der Waals surface area contributed by atoms with Crippen molar-refractivity contribution in [2.45, 2.75) is 19.8 Å². The Morgan fingerprint density at radius 2 is 2.04 bits per heavy atom. The van der Waals surface area contributed by atoms with Crippen molar-refractivity contribution in [3.05, 3.63) is 77.9 Å². The third-order valence-electron chi connectivity index (χ3n) is 4.50. The van der Waals surface area contributed by atoms with E-state index in [1.54, 1.807) is 6.20 Å². The van der Waals surface area contributed by atoms with Gasteiger partial charge in [-0.05, 0) is 36.6 Å². The van der Waals surface area contributed by atoms with Crippen LogP contribution in [0.1, 0.15) is 16.8 Å². The summed E-state index contributed by atoms with van der Waals surface area (Å²) >= 11 is 0. The van der Waals surface area contributed by atoms with Gasteiger partial charge in [0.25, 0.3) is 0 Å². The number of imidazole rings is 1. The first-order chi connectivity index (χ1) is 12.7. The van der Waals surface area contributed by atoms with Crippen molar-refractivity contribution in [3.63, 3.8) is 0 Å². The summed E-state index contributed by atoms with van der Waals surface area (Å²) in [6.45, 7) is 2.60. The first kappa shape index (κ1) is 16.3. The van der Waals surface area contributed by atoms with Crippen LogP contribution in [0.4, 0.5) is 0 Å². The molecule has 0 saturated carbocycles. The molecule has 4 rings (SSSR count). The molecule has 0 unspecified atom stereocenters. The molecule has 0 spiro atoms. The largest absolute Gasteiger partial charge is 0.355 e. The van der Waals surface area contributed by atoms with Crippen molar-refractivity contribution in [2.24, 2.45) is 0 Å². The maximum Gasteiger partial charge on any atom is 0.226 e. The Bertz CT molecular complexity index is 1080. The molecule has 0 atom stereocenters. The maximum atomic E-state index is 12.3. The van der Waals surface area contributed by atoms with Gasteiger partial charge in [0.2, 0.25) is 5.91 Å². The van der Waals surface area contributed by atoms with Crippen LogP contribution in [0.15, 0.2) is 61.1 Å². The molecular formula is C21H20N4O. The molecule has 5 nitrogen and oxygen atoms in total. The zero-order valence-electron chi connectivity index (χ0n) is 14.6. The molecule has 0 fully saturated rings. The molecule has 3 heterocycles. The van der Waals surface area contributed by atoms with E-state index in [2.05, 4.69) is 33.5 Å². The molecule has 130 valence electrons. The van der Waals surface area contributed by atoms with Crippen molar-refractivity contribution < 1.29 is 4.79 Å². The van der Waals surface area contributed by atoms with Crippen LogP contribution < -0.4 is 5.32 Å². The van der Waals surface area contributed by atoms with Crippen molar-refractivity contribution in [3.8, 4) is 0 Å². The topological polar surface area (TPSA) is 59.3 Å². The van der Waals surface area contributed by atoms with Gasteiger partial charge in [0.15, 0.2) is 0 Å². The molecule has 4 aromatic rings. The minimum absolute atomic E-state index is 0.0146. The summed E-state index contributed by atoms with van der Waals surface area (Å²) in [7, 11) is 0. The monoisotopic (exact) mass is 344 g/mol. The second kappa shape index (κ2) is 6.96. The quantitative estimate of drug-likeness (QED) is 0.605. The van der Waals surface area contributed by atoms with Crippen LogP contribution >= 0.6 is 0 Å². The highest BCUT2D eigenvalue weighted by atomic mass is 16.1. The van der Waals surface area contributed by atoms with Crippen LogP contribution in [0.2, 0.25) is 0 Å². The lowest BCUT2D eigenvalue weighted by atomic mass is 10.1. The van der Waals surface area contributed by atoms with Crippen LogP contribution in [0.3, 0.4) is 0 Å². The van der Waals surface area contributed by atoms with E-state index in [1.165, 1.54) is 0 Å². The van der Waals surface area contributed by atoms with E-state index in [9.17, 15) is 4.79 Å². The second-order valence-corrected chi connectivity index (χ2v) is 6.42. The summed E-state index contributed by atoms with van der Waals surface area (Å²) in [5, 5.41) is 4.11. The molecule has 0 radical (unpaired) electrons. The fourth-order valence-electron chi connectivity index (χ4n) is 3.22. The standard InChI is InChI=1S/C21H20N4O/c1-15-5-4-12-25-14-18(24-21(15)25)13-19(26)22-11-9-17-7-2-6-16-8-3-10-23-20(16)17/h2-8,10,12,14H,9,11,13H2,1H3,(H,22,26). The van der Waals surface area contributed by atoms with Gasteiger partial charge in [-0.1, -0.05) is 30.3 Å². The van der Waals surface area contributed by atoms with Gasteiger partial charge >= 0.3 is 0 Å². The Hall–Kier alpha value is -3.21. The highest BCUT2D eigenvalue weighted by Crippen LogP contribution is 2.16. The second-order valence-electron chi connectivity index (χ2n) is 6.42. The number of benzene rings is 1. The zero-order chi connectivity index (χ0) is 17.9. The lowest BCUT2D eigenvalue weighted by Crippen LogP contribution is -2.27. The molecule has 0 aliphatic rings. The lowest BCUT2D eigenvalue weighted by Gasteiger charge is -2.07. The van der Waals surface area contributed by atoms with E-state index in [4.69, 9.17) is 0 Å². The SMILES string of the molecule is Cc1cccn2cc(CC(=O)NCCc3cccc4cccnc34)nc12. The number of hydrogen-bond donors (Lipinski definition) is 1. The average Bonchev–Trinajstić information content (AvgIpc) is 3.06. The van der Waals surface area contributed by atoms with Gasteiger partial charge in [0, 0.05) is 30.5 Å². The Balaban J connectivity index is 1.38. The predicted octanol–water partition coefficient (Wildman–Crippen LogP) is 3.09. The lowest BCUT2D eigenvalue weighted by molar-refractivity contribution is -0.120. The molecule has 26 heavy (non-hydrogen) atoms. The third kappa shape index (κ3) is 3.28. The van der Waals surface area contributed by atoms with E-state index in [0.29, 0.717) is 6.54 Å². The van der Waals surface area contributed by atoms with Crippen molar-refractivity contribution in [1.29, 1.82) is 0 Å². The minimum Gasteiger partial charge on any atom is -0.355 e. The average molecular weight is 344 g/mol. The van der Waals surface area contributed by atoms with Crippen LogP contribution in [-0.4, -0.2) is 26.8 Å². The number of hydrogen-bond acceptors (Lipinski definition) is 3. The number of amides is 1. The zero-order valence-corrected chi connectivity index (χ0v) is 14.6. The number of para-hydroxylation sites is 1. The van der Waals surface area contributed by atoms with Crippen molar-refractivity contribution >= 4 is 22.5 Å². The first-order valence-corrected chi connectivity index (χ1v) is 8.73. The Morgan fingerprint density at radius 3 is 2.92 bits per heavy atom. The van der Waals surface area contributed by atoms with Gasteiger partial charge in [-0.15, -0.1) is 0 Å². The molecule has 1 amide bonds. The number of nitrogens with one attached hydrogen (secondary N) is 1. The summed E-state index contributed by atoms with van der Waals surface area (Å²) in [5.41, 5.74) is 4.93.